The van der Waals surface area contributed by atoms with Gasteiger partial charge in [-0.2, -0.15) is 0 Å². The highest BCUT2D eigenvalue weighted by atomic mass is 16.6. The SMILES string of the molecule is CCC(C)(CNc1ccc([N+](=O)[O-])c(N)n1)C(=O)O. The fourth-order valence-corrected chi connectivity index (χ4v) is 1.36. The molecule has 0 saturated carbocycles. The topological polar surface area (TPSA) is 131 Å². The van der Waals surface area contributed by atoms with E-state index in [9.17, 15) is 14.9 Å². The Morgan fingerprint density at radius 1 is 1.63 bits per heavy atom. The van der Waals surface area contributed by atoms with Crippen molar-refractivity contribution >= 4 is 23.3 Å². The lowest BCUT2D eigenvalue weighted by Gasteiger charge is -2.23. The van der Waals surface area contributed by atoms with E-state index in [1.807, 2.05) is 0 Å². The Balaban J connectivity index is 2.82. The van der Waals surface area contributed by atoms with Crippen molar-refractivity contribution in [3.8, 4) is 0 Å². The van der Waals surface area contributed by atoms with Crippen LogP contribution in [0.25, 0.3) is 0 Å². The Morgan fingerprint density at radius 3 is 2.68 bits per heavy atom. The number of anilines is 2. The molecule has 0 bridgehead atoms. The Morgan fingerprint density at radius 2 is 2.26 bits per heavy atom. The van der Waals surface area contributed by atoms with Gasteiger partial charge in [-0.1, -0.05) is 6.92 Å². The van der Waals surface area contributed by atoms with Crippen LogP contribution in [0.5, 0.6) is 0 Å². The number of carboxylic acids is 1. The smallest absolute Gasteiger partial charge is 0.311 e. The number of nitrogen functional groups attached to an aromatic ring is 1. The third kappa shape index (κ3) is 3.30. The molecule has 1 aromatic rings. The first-order valence-electron chi connectivity index (χ1n) is 5.68. The van der Waals surface area contributed by atoms with Gasteiger partial charge in [0.1, 0.15) is 5.82 Å². The van der Waals surface area contributed by atoms with Gasteiger partial charge in [0.05, 0.1) is 10.3 Å². The van der Waals surface area contributed by atoms with E-state index in [1.165, 1.54) is 12.1 Å². The fourth-order valence-electron chi connectivity index (χ4n) is 1.36. The van der Waals surface area contributed by atoms with Gasteiger partial charge < -0.3 is 16.2 Å². The van der Waals surface area contributed by atoms with E-state index in [4.69, 9.17) is 10.8 Å². The molecule has 19 heavy (non-hydrogen) atoms. The normalized spacial score (nSPS) is 13.6. The fraction of sp³-hybridized carbons (Fsp3) is 0.455. The number of nitrogens with zero attached hydrogens (tertiary/aromatic N) is 2. The number of nitrogens with one attached hydrogen (secondary N) is 1. The number of rotatable bonds is 6. The molecule has 1 rings (SSSR count). The van der Waals surface area contributed by atoms with Crippen molar-refractivity contribution in [2.75, 3.05) is 17.6 Å². The minimum absolute atomic E-state index is 0.156. The van der Waals surface area contributed by atoms with Crippen molar-refractivity contribution < 1.29 is 14.8 Å². The van der Waals surface area contributed by atoms with Crippen molar-refractivity contribution in [1.29, 1.82) is 0 Å². The van der Waals surface area contributed by atoms with E-state index in [0.29, 0.717) is 12.2 Å². The molecule has 0 fully saturated rings. The van der Waals surface area contributed by atoms with Gasteiger partial charge in [-0.3, -0.25) is 14.9 Å². The summed E-state index contributed by atoms with van der Waals surface area (Å²) in [5.74, 6) is -0.815. The van der Waals surface area contributed by atoms with Crippen molar-refractivity contribution in [3.05, 3.63) is 22.2 Å². The van der Waals surface area contributed by atoms with Gasteiger partial charge in [0.15, 0.2) is 0 Å². The number of carbonyl (C=O) groups is 1. The second kappa shape index (κ2) is 5.51. The van der Waals surface area contributed by atoms with Crippen LogP contribution in [0.15, 0.2) is 12.1 Å². The van der Waals surface area contributed by atoms with E-state index in [0.717, 1.165) is 0 Å². The van der Waals surface area contributed by atoms with Crippen molar-refractivity contribution in [2.45, 2.75) is 20.3 Å². The zero-order valence-electron chi connectivity index (χ0n) is 10.7. The molecule has 0 saturated heterocycles. The number of nitro groups is 1. The second-order valence-corrected chi connectivity index (χ2v) is 4.43. The van der Waals surface area contributed by atoms with E-state index >= 15 is 0 Å². The average molecular weight is 268 g/mol. The maximum Gasteiger partial charge on any atom is 0.311 e. The van der Waals surface area contributed by atoms with Crippen molar-refractivity contribution in [1.82, 2.24) is 4.98 Å². The van der Waals surface area contributed by atoms with Crippen LogP contribution >= 0.6 is 0 Å². The number of aliphatic carboxylic acids is 1. The summed E-state index contributed by atoms with van der Waals surface area (Å²) in [6.45, 7) is 3.54. The summed E-state index contributed by atoms with van der Waals surface area (Å²) in [6, 6.07) is 2.63. The zero-order valence-corrected chi connectivity index (χ0v) is 10.7. The molecule has 1 aromatic heterocycles. The Kier molecular flexibility index (Phi) is 4.26. The highest BCUT2D eigenvalue weighted by molar-refractivity contribution is 5.75. The van der Waals surface area contributed by atoms with E-state index in [1.54, 1.807) is 13.8 Å². The molecular weight excluding hydrogens is 252 g/mol. The number of nitrogens with two attached hydrogens (primary N) is 1. The van der Waals surface area contributed by atoms with Crippen LogP contribution in [-0.2, 0) is 4.79 Å². The van der Waals surface area contributed by atoms with Gasteiger partial charge in [0, 0.05) is 12.6 Å². The van der Waals surface area contributed by atoms with Gasteiger partial charge in [0.25, 0.3) is 0 Å². The van der Waals surface area contributed by atoms with E-state index in [2.05, 4.69) is 10.3 Å². The maximum absolute atomic E-state index is 11.1. The van der Waals surface area contributed by atoms with Gasteiger partial charge in [-0.15, -0.1) is 0 Å². The van der Waals surface area contributed by atoms with Crippen LogP contribution in [0.2, 0.25) is 0 Å². The number of hydrogen-bond acceptors (Lipinski definition) is 6. The lowest BCUT2D eigenvalue weighted by atomic mass is 9.88. The summed E-state index contributed by atoms with van der Waals surface area (Å²) < 4.78 is 0. The standard InChI is InChI=1S/C11H16N4O4/c1-3-11(2,10(16)17)6-13-8-5-4-7(15(18)19)9(12)14-8/h4-5H,3,6H2,1-2H3,(H,16,17)(H3,12,13,14). The summed E-state index contributed by atoms with van der Waals surface area (Å²) in [5.41, 5.74) is 4.24. The van der Waals surface area contributed by atoms with Crippen LogP contribution in [-0.4, -0.2) is 27.5 Å². The van der Waals surface area contributed by atoms with Gasteiger partial charge in [0.2, 0.25) is 5.82 Å². The Bertz CT molecular complexity index is 505. The molecule has 8 heteroatoms. The second-order valence-electron chi connectivity index (χ2n) is 4.43. The molecule has 104 valence electrons. The highest BCUT2D eigenvalue weighted by Crippen LogP contribution is 2.24. The van der Waals surface area contributed by atoms with Gasteiger partial charge in [-0.05, 0) is 19.4 Å². The predicted molar refractivity (Wildman–Crippen MR) is 69.8 cm³/mol. The Hall–Kier alpha value is -2.38. The highest BCUT2D eigenvalue weighted by Gasteiger charge is 2.31. The number of pyridine rings is 1. The molecule has 0 aliphatic rings. The first kappa shape index (κ1) is 14.7. The number of aromatic nitrogens is 1. The molecule has 0 aliphatic heterocycles. The van der Waals surface area contributed by atoms with Gasteiger partial charge in [-0.25, -0.2) is 4.98 Å². The van der Waals surface area contributed by atoms with Crippen LogP contribution in [0.4, 0.5) is 17.3 Å². The molecule has 1 atom stereocenters. The molecule has 4 N–H and O–H groups in total. The van der Waals surface area contributed by atoms with Crippen molar-refractivity contribution in [3.63, 3.8) is 0 Å². The number of carboxylic acid groups (broad SMARTS) is 1. The summed E-state index contributed by atoms with van der Waals surface area (Å²) in [4.78, 5) is 24.9. The zero-order chi connectivity index (χ0) is 14.6. The summed E-state index contributed by atoms with van der Waals surface area (Å²) in [7, 11) is 0. The monoisotopic (exact) mass is 268 g/mol. The molecule has 0 spiro atoms. The summed E-state index contributed by atoms with van der Waals surface area (Å²) >= 11 is 0. The molecule has 1 unspecified atom stereocenters. The molecule has 0 aromatic carbocycles. The van der Waals surface area contributed by atoms with E-state index in [-0.39, 0.29) is 18.1 Å². The van der Waals surface area contributed by atoms with Gasteiger partial charge >= 0.3 is 11.7 Å². The minimum atomic E-state index is -0.932. The van der Waals surface area contributed by atoms with Crippen LogP contribution in [0.3, 0.4) is 0 Å². The largest absolute Gasteiger partial charge is 0.481 e. The van der Waals surface area contributed by atoms with Crippen molar-refractivity contribution in [2.24, 2.45) is 5.41 Å². The lowest BCUT2D eigenvalue weighted by molar-refractivity contribution is -0.384. The molecular formula is C11H16N4O4. The molecule has 0 aliphatic carbocycles. The molecule has 8 nitrogen and oxygen atoms in total. The number of hydrogen-bond donors (Lipinski definition) is 3. The quantitative estimate of drug-likeness (QED) is 0.526. The average Bonchev–Trinajstić information content (AvgIpc) is 2.35. The predicted octanol–water partition coefficient (Wildman–Crippen LogP) is 1.48. The van der Waals surface area contributed by atoms with Crippen LogP contribution in [0.1, 0.15) is 20.3 Å². The Labute approximate surface area is 109 Å². The van der Waals surface area contributed by atoms with E-state index < -0.39 is 16.3 Å². The van der Waals surface area contributed by atoms with Crippen LogP contribution in [0, 0.1) is 15.5 Å². The third-order valence-corrected chi connectivity index (χ3v) is 3.06. The van der Waals surface area contributed by atoms with Crippen LogP contribution < -0.4 is 11.1 Å². The maximum atomic E-state index is 11.1. The lowest BCUT2D eigenvalue weighted by Crippen LogP contribution is -2.34. The summed E-state index contributed by atoms with van der Waals surface area (Å²) in [6.07, 6.45) is 0.442. The molecule has 0 amide bonds. The third-order valence-electron chi connectivity index (χ3n) is 3.06. The first-order chi connectivity index (χ1) is 8.80. The first-order valence-corrected chi connectivity index (χ1v) is 5.68. The molecule has 1 heterocycles. The summed E-state index contributed by atoms with van der Waals surface area (Å²) in [5, 5.41) is 22.5. The minimum Gasteiger partial charge on any atom is -0.481 e. The molecule has 0 radical (unpaired) electrons.